The molecule has 0 heterocycles. The molecule has 10 heteroatoms. The quantitative estimate of drug-likeness (QED) is 0.436. The van der Waals surface area contributed by atoms with Crippen molar-refractivity contribution < 1.29 is 27.5 Å². The monoisotopic (exact) mass is 502 g/mol. The van der Waals surface area contributed by atoms with Crippen molar-refractivity contribution in [1.29, 1.82) is 0 Å². The first-order valence-corrected chi connectivity index (χ1v) is 12.1. The molecule has 3 aromatic carbocycles. The maximum atomic E-state index is 13.5. The second-order valence-corrected chi connectivity index (χ2v) is 9.29. The molecule has 0 fully saturated rings. The van der Waals surface area contributed by atoms with Crippen LogP contribution in [0.25, 0.3) is 0 Å². The van der Waals surface area contributed by atoms with Crippen LogP contribution in [-0.2, 0) is 19.6 Å². The van der Waals surface area contributed by atoms with Crippen LogP contribution in [0.4, 0.5) is 11.4 Å². The number of ether oxygens (including phenoxy) is 2. The number of nitrogens with zero attached hydrogens (tertiary/aromatic N) is 1. The van der Waals surface area contributed by atoms with Crippen LogP contribution in [0.1, 0.15) is 17.3 Å². The van der Waals surface area contributed by atoms with E-state index in [4.69, 9.17) is 21.1 Å². The molecule has 0 aliphatic rings. The van der Waals surface area contributed by atoms with Crippen molar-refractivity contribution in [3.8, 4) is 5.75 Å². The Kier molecular flexibility index (Phi) is 8.14. The van der Waals surface area contributed by atoms with Gasteiger partial charge in [0.05, 0.1) is 29.9 Å². The zero-order valence-electron chi connectivity index (χ0n) is 18.5. The number of methoxy groups -OCH3 is 1. The van der Waals surface area contributed by atoms with E-state index < -0.39 is 28.4 Å². The van der Waals surface area contributed by atoms with Crippen LogP contribution >= 0.6 is 11.6 Å². The number of halogens is 1. The van der Waals surface area contributed by atoms with E-state index in [2.05, 4.69) is 5.32 Å². The first-order valence-electron chi connectivity index (χ1n) is 10.2. The lowest BCUT2D eigenvalue weighted by Crippen LogP contribution is -2.38. The van der Waals surface area contributed by atoms with Crippen molar-refractivity contribution in [2.75, 3.05) is 29.9 Å². The normalized spacial score (nSPS) is 10.9. The molecule has 0 spiro atoms. The number of rotatable bonds is 9. The Morgan fingerprint density at radius 2 is 1.74 bits per heavy atom. The summed E-state index contributed by atoms with van der Waals surface area (Å²) >= 11 is 6.13. The molecule has 0 bridgehead atoms. The number of hydrogen-bond donors (Lipinski definition) is 1. The van der Waals surface area contributed by atoms with Gasteiger partial charge in [-0.1, -0.05) is 35.9 Å². The molecule has 0 aliphatic carbocycles. The first-order chi connectivity index (χ1) is 16.3. The average molecular weight is 503 g/mol. The second-order valence-electron chi connectivity index (χ2n) is 6.99. The minimum atomic E-state index is -4.16. The van der Waals surface area contributed by atoms with E-state index in [9.17, 15) is 18.0 Å². The maximum Gasteiger partial charge on any atom is 0.338 e. The van der Waals surface area contributed by atoms with Crippen molar-refractivity contribution >= 4 is 44.9 Å². The van der Waals surface area contributed by atoms with Gasteiger partial charge in [0.1, 0.15) is 12.3 Å². The zero-order valence-corrected chi connectivity index (χ0v) is 20.1. The lowest BCUT2D eigenvalue weighted by molar-refractivity contribution is -0.114. The standard InChI is InChI=1S/C24H23ClN2O6S/c1-3-33-24(29)17-8-7-9-19(14-17)26-23(28)16-27(21-15-18(25)12-13-22(21)32-2)34(30,31)20-10-5-4-6-11-20/h4-15H,3,16H2,1-2H3,(H,26,28). The summed E-state index contributed by atoms with van der Waals surface area (Å²) in [6, 6.07) is 18.4. The minimum Gasteiger partial charge on any atom is -0.495 e. The molecule has 0 saturated heterocycles. The van der Waals surface area contributed by atoms with Gasteiger partial charge in [0.2, 0.25) is 5.91 Å². The lowest BCUT2D eigenvalue weighted by atomic mass is 10.2. The van der Waals surface area contributed by atoms with Gasteiger partial charge in [0, 0.05) is 10.7 Å². The number of carbonyl (C=O) groups excluding carboxylic acids is 2. The number of sulfonamides is 1. The fourth-order valence-corrected chi connectivity index (χ4v) is 4.76. The third kappa shape index (κ3) is 5.86. The van der Waals surface area contributed by atoms with Crippen LogP contribution in [0.15, 0.2) is 77.7 Å². The smallest absolute Gasteiger partial charge is 0.338 e. The number of nitrogens with one attached hydrogen (secondary N) is 1. The second kappa shape index (κ2) is 11.0. The molecule has 0 aromatic heterocycles. The summed E-state index contributed by atoms with van der Waals surface area (Å²) in [6.45, 7) is 1.33. The van der Waals surface area contributed by atoms with Gasteiger partial charge in [-0.05, 0) is 55.5 Å². The Bertz CT molecular complexity index is 1280. The Morgan fingerprint density at radius 1 is 1.00 bits per heavy atom. The molecule has 0 radical (unpaired) electrons. The van der Waals surface area contributed by atoms with Gasteiger partial charge >= 0.3 is 5.97 Å². The largest absolute Gasteiger partial charge is 0.495 e. The highest BCUT2D eigenvalue weighted by molar-refractivity contribution is 7.92. The number of benzene rings is 3. The summed E-state index contributed by atoms with van der Waals surface area (Å²) < 4.78 is 38.2. The third-order valence-electron chi connectivity index (χ3n) is 4.69. The molecule has 34 heavy (non-hydrogen) atoms. The van der Waals surface area contributed by atoms with Crippen molar-refractivity contribution in [3.63, 3.8) is 0 Å². The highest BCUT2D eigenvalue weighted by Crippen LogP contribution is 2.34. The van der Waals surface area contributed by atoms with E-state index in [-0.39, 0.29) is 33.5 Å². The molecule has 178 valence electrons. The molecule has 0 unspecified atom stereocenters. The summed E-state index contributed by atoms with van der Waals surface area (Å²) in [4.78, 5) is 24.9. The molecule has 0 atom stereocenters. The van der Waals surface area contributed by atoms with E-state index in [0.717, 1.165) is 4.31 Å². The summed E-state index contributed by atoms with van der Waals surface area (Å²) in [6.07, 6.45) is 0. The molecule has 1 amide bonds. The van der Waals surface area contributed by atoms with E-state index in [0.29, 0.717) is 5.69 Å². The predicted molar refractivity (Wildman–Crippen MR) is 130 cm³/mol. The Balaban J connectivity index is 1.96. The van der Waals surface area contributed by atoms with Crippen molar-refractivity contribution in [3.05, 3.63) is 83.4 Å². The fourth-order valence-electron chi connectivity index (χ4n) is 3.15. The highest BCUT2D eigenvalue weighted by atomic mass is 35.5. The van der Waals surface area contributed by atoms with Gasteiger partial charge in [-0.15, -0.1) is 0 Å². The van der Waals surface area contributed by atoms with Crippen molar-refractivity contribution in [1.82, 2.24) is 0 Å². The fraction of sp³-hybridized carbons (Fsp3) is 0.167. The van der Waals surface area contributed by atoms with Crippen LogP contribution in [0.2, 0.25) is 5.02 Å². The zero-order chi connectivity index (χ0) is 24.7. The predicted octanol–water partition coefficient (Wildman–Crippen LogP) is 4.36. The molecule has 0 aliphatic heterocycles. The minimum absolute atomic E-state index is 0.00543. The van der Waals surface area contributed by atoms with Crippen LogP contribution in [0.3, 0.4) is 0 Å². The van der Waals surface area contributed by atoms with Crippen molar-refractivity contribution in [2.45, 2.75) is 11.8 Å². The van der Waals surface area contributed by atoms with Gasteiger partial charge < -0.3 is 14.8 Å². The SMILES string of the molecule is CCOC(=O)c1cccc(NC(=O)CN(c2cc(Cl)ccc2OC)S(=O)(=O)c2ccccc2)c1. The summed E-state index contributed by atoms with van der Waals surface area (Å²) in [5.41, 5.74) is 0.671. The van der Waals surface area contributed by atoms with Crippen LogP contribution in [-0.4, -0.2) is 40.6 Å². The Labute approximate surface area is 203 Å². The number of esters is 1. The molecule has 3 aromatic rings. The van der Waals surface area contributed by atoms with Crippen LogP contribution in [0.5, 0.6) is 5.75 Å². The first kappa shape index (κ1) is 25.1. The van der Waals surface area contributed by atoms with Crippen LogP contribution in [0, 0.1) is 0 Å². The van der Waals surface area contributed by atoms with Gasteiger partial charge in [-0.3, -0.25) is 9.10 Å². The molecule has 0 saturated carbocycles. The topological polar surface area (TPSA) is 102 Å². The van der Waals surface area contributed by atoms with Gasteiger partial charge in [0.25, 0.3) is 10.0 Å². The van der Waals surface area contributed by atoms with E-state index in [1.165, 1.54) is 37.4 Å². The Morgan fingerprint density at radius 3 is 2.41 bits per heavy atom. The van der Waals surface area contributed by atoms with Gasteiger partial charge in [-0.2, -0.15) is 0 Å². The number of amides is 1. The van der Waals surface area contributed by atoms with Crippen molar-refractivity contribution in [2.24, 2.45) is 0 Å². The molecule has 1 N–H and O–H groups in total. The lowest BCUT2D eigenvalue weighted by Gasteiger charge is -2.26. The van der Waals surface area contributed by atoms with Gasteiger partial charge in [-0.25, -0.2) is 13.2 Å². The summed E-state index contributed by atoms with van der Waals surface area (Å²) in [5.74, 6) is -0.945. The van der Waals surface area contributed by atoms with E-state index in [1.807, 2.05) is 0 Å². The van der Waals surface area contributed by atoms with E-state index in [1.54, 1.807) is 49.4 Å². The molecule has 3 rings (SSSR count). The van der Waals surface area contributed by atoms with Crippen LogP contribution < -0.4 is 14.4 Å². The third-order valence-corrected chi connectivity index (χ3v) is 6.69. The molecule has 8 nitrogen and oxygen atoms in total. The summed E-state index contributed by atoms with van der Waals surface area (Å²) in [5, 5.41) is 2.90. The number of hydrogen-bond acceptors (Lipinski definition) is 6. The van der Waals surface area contributed by atoms with E-state index >= 15 is 0 Å². The van der Waals surface area contributed by atoms with Gasteiger partial charge in [0.15, 0.2) is 0 Å². The number of carbonyl (C=O) groups is 2. The number of anilines is 2. The average Bonchev–Trinajstić information content (AvgIpc) is 2.83. The Hall–Kier alpha value is -3.56. The summed E-state index contributed by atoms with van der Waals surface area (Å²) in [7, 11) is -2.77. The maximum absolute atomic E-state index is 13.5. The molecular formula is C24H23ClN2O6S. The molecular weight excluding hydrogens is 480 g/mol. The highest BCUT2D eigenvalue weighted by Gasteiger charge is 2.29.